The number of imidazole rings is 1. The molecule has 3 nitrogen and oxygen atoms in total. The zero-order valence-electron chi connectivity index (χ0n) is 8.44. The number of nitrogens with zero attached hydrogens (tertiary/aromatic N) is 1. The Labute approximate surface area is 85.3 Å². The lowest BCUT2D eigenvalue weighted by molar-refractivity contribution is 0.521. The Kier molecular flexibility index (Phi) is 2.01. The lowest BCUT2D eigenvalue weighted by Crippen LogP contribution is -2.30. The van der Waals surface area contributed by atoms with Crippen LogP contribution >= 0.6 is 0 Å². The van der Waals surface area contributed by atoms with Crippen molar-refractivity contribution in [2.24, 2.45) is 5.73 Å². The average molecular weight is 211 g/mol. The first-order valence-electron chi connectivity index (χ1n) is 4.52. The molecule has 0 spiro atoms. The van der Waals surface area contributed by atoms with Crippen molar-refractivity contribution in [3.63, 3.8) is 0 Å². The van der Waals surface area contributed by atoms with Crippen LogP contribution in [0.2, 0.25) is 0 Å². The van der Waals surface area contributed by atoms with Crippen LogP contribution in [0.15, 0.2) is 12.1 Å². The Morgan fingerprint density at radius 2 is 2.00 bits per heavy atom. The summed E-state index contributed by atoms with van der Waals surface area (Å²) in [4.78, 5) is 6.80. The number of H-pyrrole nitrogens is 1. The topological polar surface area (TPSA) is 54.7 Å². The van der Waals surface area contributed by atoms with E-state index in [1.807, 2.05) is 0 Å². The van der Waals surface area contributed by atoms with E-state index in [1.54, 1.807) is 13.8 Å². The first kappa shape index (κ1) is 10.0. The molecule has 0 unspecified atom stereocenters. The smallest absolute Gasteiger partial charge is 0.153 e. The number of hydrogen-bond acceptors (Lipinski definition) is 2. The number of halogens is 2. The molecule has 3 N–H and O–H groups in total. The van der Waals surface area contributed by atoms with E-state index in [2.05, 4.69) is 9.97 Å². The van der Waals surface area contributed by atoms with E-state index in [1.165, 1.54) is 6.07 Å². The molecule has 0 fully saturated rings. The van der Waals surface area contributed by atoms with Gasteiger partial charge in [-0.25, -0.2) is 13.8 Å². The van der Waals surface area contributed by atoms with Gasteiger partial charge in [-0.15, -0.1) is 0 Å². The van der Waals surface area contributed by atoms with Gasteiger partial charge >= 0.3 is 0 Å². The molecule has 0 aliphatic rings. The highest BCUT2D eigenvalue weighted by molar-refractivity contribution is 5.76. The van der Waals surface area contributed by atoms with Gasteiger partial charge in [0.05, 0.1) is 11.1 Å². The number of nitrogens with one attached hydrogen (secondary N) is 1. The second-order valence-electron chi connectivity index (χ2n) is 4.09. The summed E-state index contributed by atoms with van der Waals surface area (Å²) in [5, 5.41) is 0. The van der Waals surface area contributed by atoms with Crippen LogP contribution in [0.25, 0.3) is 11.0 Å². The van der Waals surface area contributed by atoms with Crippen LogP contribution in [0.3, 0.4) is 0 Å². The van der Waals surface area contributed by atoms with E-state index in [-0.39, 0.29) is 5.52 Å². The minimum absolute atomic E-state index is 0.116. The quantitative estimate of drug-likeness (QED) is 0.758. The largest absolute Gasteiger partial charge is 0.340 e. The third-order valence-corrected chi connectivity index (χ3v) is 2.12. The molecule has 1 aromatic heterocycles. The van der Waals surface area contributed by atoms with Crippen LogP contribution in [-0.4, -0.2) is 9.97 Å². The van der Waals surface area contributed by atoms with E-state index >= 15 is 0 Å². The molecule has 15 heavy (non-hydrogen) atoms. The van der Waals surface area contributed by atoms with Crippen LogP contribution in [0.1, 0.15) is 19.7 Å². The van der Waals surface area contributed by atoms with Gasteiger partial charge in [0.15, 0.2) is 5.82 Å². The van der Waals surface area contributed by atoms with Crippen molar-refractivity contribution in [3.05, 3.63) is 29.6 Å². The van der Waals surface area contributed by atoms with Gasteiger partial charge in [-0.2, -0.15) is 0 Å². The molecule has 0 radical (unpaired) electrons. The van der Waals surface area contributed by atoms with Crippen molar-refractivity contribution in [3.8, 4) is 0 Å². The Morgan fingerprint density at radius 1 is 1.33 bits per heavy atom. The SMILES string of the molecule is CC(C)(N)c1nc2c(F)cc(F)cc2[nH]1. The summed E-state index contributed by atoms with van der Waals surface area (Å²) in [6, 6.07) is 2.00. The molecule has 2 rings (SSSR count). The van der Waals surface area contributed by atoms with Crippen LogP contribution in [0.4, 0.5) is 8.78 Å². The van der Waals surface area contributed by atoms with Gasteiger partial charge in [-0.3, -0.25) is 0 Å². The monoisotopic (exact) mass is 211 g/mol. The van der Waals surface area contributed by atoms with Gasteiger partial charge < -0.3 is 10.7 Å². The number of rotatable bonds is 1. The molecule has 0 saturated heterocycles. The zero-order valence-corrected chi connectivity index (χ0v) is 8.44. The lowest BCUT2D eigenvalue weighted by atomic mass is 10.1. The second kappa shape index (κ2) is 3.00. The number of hydrogen-bond donors (Lipinski definition) is 2. The summed E-state index contributed by atoms with van der Waals surface area (Å²) in [6.45, 7) is 3.47. The fraction of sp³-hybridized carbons (Fsp3) is 0.300. The number of fused-ring (bicyclic) bond motifs is 1. The van der Waals surface area contributed by atoms with E-state index in [9.17, 15) is 8.78 Å². The summed E-state index contributed by atoms with van der Waals surface area (Å²) in [5.41, 5.74) is 5.53. The highest BCUT2D eigenvalue weighted by Gasteiger charge is 2.20. The Morgan fingerprint density at radius 3 is 2.60 bits per heavy atom. The van der Waals surface area contributed by atoms with Gasteiger partial charge in [0.25, 0.3) is 0 Å². The van der Waals surface area contributed by atoms with Crippen molar-refractivity contribution in [1.29, 1.82) is 0 Å². The van der Waals surface area contributed by atoms with Crippen LogP contribution < -0.4 is 5.73 Å². The third-order valence-electron chi connectivity index (χ3n) is 2.12. The molecule has 0 saturated carbocycles. The molecular formula is C10H11F2N3. The van der Waals surface area contributed by atoms with E-state index in [4.69, 9.17) is 5.73 Å². The third kappa shape index (κ3) is 1.70. The first-order valence-corrected chi connectivity index (χ1v) is 4.52. The van der Waals surface area contributed by atoms with Crippen LogP contribution in [-0.2, 0) is 5.54 Å². The Hall–Kier alpha value is -1.49. The molecule has 0 amide bonds. The summed E-state index contributed by atoms with van der Waals surface area (Å²) in [7, 11) is 0. The van der Waals surface area contributed by atoms with Crippen molar-refractivity contribution >= 4 is 11.0 Å². The van der Waals surface area contributed by atoms with Crippen LogP contribution in [0.5, 0.6) is 0 Å². The molecule has 0 atom stereocenters. The average Bonchev–Trinajstić information content (AvgIpc) is 2.46. The van der Waals surface area contributed by atoms with Gasteiger partial charge in [0.2, 0.25) is 0 Å². The molecule has 1 aromatic carbocycles. The van der Waals surface area contributed by atoms with Crippen LogP contribution in [0, 0.1) is 11.6 Å². The van der Waals surface area contributed by atoms with Crippen molar-refractivity contribution in [2.75, 3.05) is 0 Å². The maximum atomic E-state index is 13.3. The Balaban J connectivity index is 2.71. The molecule has 2 aromatic rings. The fourth-order valence-electron chi connectivity index (χ4n) is 1.35. The molecule has 5 heteroatoms. The van der Waals surface area contributed by atoms with Crippen molar-refractivity contribution in [2.45, 2.75) is 19.4 Å². The summed E-state index contributed by atoms with van der Waals surface area (Å²) in [6.07, 6.45) is 0. The number of nitrogens with two attached hydrogens (primary N) is 1. The summed E-state index contributed by atoms with van der Waals surface area (Å²) in [5.74, 6) is -0.885. The predicted octanol–water partition coefficient (Wildman–Crippen LogP) is 2.03. The fourth-order valence-corrected chi connectivity index (χ4v) is 1.35. The number of aromatic amines is 1. The van der Waals surface area contributed by atoms with Gasteiger partial charge in [-0.1, -0.05) is 0 Å². The highest BCUT2D eigenvalue weighted by atomic mass is 19.1. The highest BCUT2D eigenvalue weighted by Crippen LogP contribution is 2.21. The van der Waals surface area contributed by atoms with Gasteiger partial charge in [0, 0.05) is 6.07 Å². The molecule has 1 heterocycles. The van der Waals surface area contributed by atoms with E-state index < -0.39 is 17.2 Å². The summed E-state index contributed by atoms with van der Waals surface area (Å²) >= 11 is 0. The minimum atomic E-state index is -0.706. The minimum Gasteiger partial charge on any atom is -0.340 e. The molecule has 0 aliphatic carbocycles. The molecule has 0 aliphatic heterocycles. The Bertz CT molecular complexity index is 511. The second-order valence-corrected chi connectivity index (χ2v) is 4.09. The first-order chi connectivity index (χ1) is 6.88. The summed E-state index contributed by atoms with van der Waals surface area (Å²) < 4.78 is 26.2. The maximum absolute atomic E-state index is 13.3. The molecule has 0 bridgehead atoms. The standard InChI is InChI=1S/C10H11F2N3/c1-10(2,13)9-14-7-4-5(11)3-6(12)8(7)15-9/h3-4H,13H2,1-2H3,(H,14,15). The predicted molar refractivity (Wildman–Crippen MR) is 53.2 cm³/mol. The number of benzene rings is 1. The van der Waals surface area contributed by atoms with Gasteiger partial charge in [-0.05, 0) is 19.9 Å². The normalized spacial score (nSPS) is 12.3. The van der Waals surface area contributed by atoms with Crippen molar-refractivity contribution in [1.82, 2.24) is 9.97 Å². The zero-order chi connectivity index (χ0) is 11.2. The van der Waals surface area contributed by atoms with Crippen molar-refractivity contribution < 1.29 is 8.78 Å². The number of aromatic nitrogens is 2. The molecular weight excluding hydrogens is 200 g/mol. The molecule has 80 valence electrons. The maximum Gasteiger partial charge on any atom is 0.153 e. The van der Waals surface area contributed by atoms with E-state index in [0.717, 1.165) is 6.07 Å². The lowest BCUT2D eigenvalue weighted by Gasteiger charge is -2.13. The van der Waals surface area contributed by atoms with Gasteiger partial charge in [0.1, 0.15) is 17.2 Å². The van der Waals surface area contributed by atoms with E-state index in [0.29, 0.717) is 11.3 Å².